The Labute approximate surface area is 115 Å². The molecule has 0 amide bonds. The van der Waals surface area contributed by atoms with Crippen molar-refractivity contribution < 1.29 is 4.74 Å². The Morgan fingerprint density at radius 1 is 1.39 bits per heavy atom. The van der Waals surface area contributed by atoms with Crippen LogP contribution in [-0.2, 0) is 13.0 Å². The maximum atomic E-state index is 5.36. The van der Waals surface area contributed by atoms with Crippen molar-refractivity contribution in [2.75, 3.05) is 12.4 Å². The van der Waals surface area contributed by atoms with Crippen LogP contribution in [0.15, 0.2) is 24.4 Å². The second-order valence-corrected chi connectivity index (χ2v) is 4.95. The molecule has 1 heterocycles. The SMILES string of the molecule is COc1ccc(C)cc1Cn1cc(CCBr)nn1. The minimum Gasteiger partial charge on any atom is -0.496 e. The van der Waals surface area contributed by atoms with Gasteiger partial charge in [0.25, 0.3) is 0 Å². The molecule has 0 N–H and O–H groups in total. The first kappa shape index (κ1) is 13.1. The fourth-order valence-electron chi connectivity index (χ4n) is 1.83. The van der Waals surface area contributed by atoms with Crippen LogP contribution in [0.25, 0.3) is 0 Å². The largest absolute Gasteiger partial charge is 0.496 e. The Kier molecular flexibility index (Phi) is 4.36. The van der Waals surface area contributed by atoms with E-state index in [4.69, 9.17) is 4.74 Å². The third-order valence-electron chi connectivity index (χ3n) is 2.70. The van der Waals surface area contributed by atoms with Crippen molar-refractivity contribution in [1.29, 1.82) is 0 Å². The molecule has 0 saturated heterocycles. The van der Waals surface area contributed by atoms with Gasteiger partial charge in [0.2, 0.25) is 0 Å². The summed E-state index contributed by atoms with van der Waals surface area (Å²) in [5, 5.41) is 9.15. The van der Waals surface area contributed by atoms with Crippen LogP contribution >= 0.6 is 15.9 Å². The number of halogens is 1. The molecular weight excluding hydrogens is 294 g/mol. The van der Waals surface area contributed by atoms with Gasteiger partial charge in [0, 0.05) is 23.5 Å². The summed E-state index contributed by atoms with van der Waals surface area (Å²) in [7, 11) is 1.69. The summed E-state index contributed by atoms with van der Waals surface area (Å²) in [6, 6.07) is 6.14. The number of hydrogen-bond donors (Lipinski definition) is 0. The molecular formula is C13H16BrN3O. The lowest BCUT2D eigenvalue weighted by Crippen LogP contribution is -2.03. The number of ether oxygens (including phenoxy) is 1. The molecule has 0 aliphatic heterocycles. The Morgan fingerprint density at radius 3 is 2.94 bits per heavy atom. The average Bonchev–Trinajstić information content (AvgIpc) is 2.77. The zero-order chi connectivity index (χ0) is 13.0. The predicted molar refractivity (Wildman–Crippen MR) is 74.4 cm³/mol. The lowest BCUT2D eigenvalue weighted by molar-refractivity contribution is 0.407. The fraction of sp³-hybridized carbons (Fsp3) is 0.385. The first-order valence-electron chi connectivity index (χ1n) is 5.81. The monoisotopic (exact) mass is 309 g/mol. The van der Waals surface area contributed by atoms with Crippen molar-refractivity contribution in [2.45, 2.75) is 19.9 Å². The minimum absolute atomic E-state index is 0.681. The molecule has 18 heavy (non-hydrogen) atoms. The van der Waals surface area contributed by atoms with Gasteiger partial charge in [0.05, 0.1) is 19.3 Å². The molecule has 2 rings (SSSR count). The van der Waals surface area contributed by atoms with Crippen LogP contribution in [0.3, 0.4) is 0 Å². The van der Waals surface area contributed by atoms with Gasteiger partial charge in [0.15, 0.2) is 0 Å². The Morgan fingerprint density at radius 2 is 2.22 bits per heavy atom. The smallest absolute Gasteiger partial charge is 0.123 e. The standard InChI is InChI=1S/C13H16BrN3O/c1-10-3-4-13(18-2)11(7-10)8-17-9-12(5-6-14)15-16-17/h3-4,7,9H,5-6,8H2,1-2H3. The predicted octanol–water partition coefficient (Wildman–Crippen LogP) is 2.58. The highest BCUT2D eigenvalue weighted by atomic mass is 79.9. The summed E-state index contributed by atoms with van der Waals surface area (Å²) in [6.07, 6.45) is 2.87. The van der Waals surface area contributed by atoms with Crippen LogP contribution in [-0.4, -0.2) is 27.4 Å². The van der Waals surface area contributed by atoms with Gasteiger partial charge in [-0.15, -0.1) is 5.10 Å². The molecule has 2 aromatic rings. The van der Waals surface area contributed by atoms with E-state index in [0.717, 1.165) is 28.8 Å². The molecule has 0 unspecified atom stereocenters. The van der Waals surface area contributed by atoms with E-state index in [1.165, 1.54) is 5.56 Å². The van der Waals surface area contributed by atoms with Crippen molar-refractivity contribution in [3.8, 4) is 5.75 Å². The maximum absolute atomic E-state index is 5.36. The van der Waals surface area contributed by atoms with Crippen molar-refractivity contribution >= 4 is 15.9 Å². The molecule has 0 aliphatic carbocycles. The summed E-state index contributed by atoms with van der Waals surface area (Å²) < 4.78 is 7.20. The molecule has 0 bridgehead atoms. The molecule has 4 nitrogen and oxygen atoms in total. The molecule has 0 saturated carbocycles. The van der Waals surface area contributed by atoms with Crippen molar-refractivity contribution in [3.05, 3.63) is 41.2 Å². The minimum atomic E-state index is 0.681. The Bertz CT molecular complexity index is 525. The highest BCUT2D eigenvalue weighted by molar-refractivity contribution is 9.09. The summed E-state index contributed by atoms with van der Waals surface area (Å²) >= 11 is 3.40. The van der Waals surface area contributed by atoms with Crippen LogP contribution in [0.2, 0.25) is 0 Å². The first-order chi connectivity index (χ1) is 8.72. The third kappa shape index (κ3) is 3.10. The third-order valence-corrected chi connectivity index (χ3v) is 3.10. The number of benzene rings is 1. The van der Waals surface area contributed by atoms with Gasteiger partial charge in [-0.25, -0.2) is 4.68 Å². The number of alkyl halides is 1. The topological polar surface area (TPSA) is 39.9 Å². The molecule has 5 heteroatoms. The molecule has 0 fully saturated rings. The second kappa shape index (κ2) is 6.00. The number of hydrogen-bond acceptors (Lipinski definition) is 3. The van der Waals surface area contributed by atoms with E-state index in [2.05, 4.69) is 39.2 Å². The van der Waals surface area contributed by atoms with Gasteiger partial charge in [-0.3, -0.25) is 0 Å². The zero-order valence-electron chi connectivity index (χ0n) is 10.6. The molecule has 0 spiro atoms. The van der Waals surface area contributed by atoms with Gasteiger partial charge in [-0.1, -0.05) is 38.8 Å². The van der Waals surface area contributed by atoms with E-state index >= 15 is 0 Å². The maximum Gasteiger partial charge on any atom is 0.123 e. The molecule has 1 aromatic heterocycles. The number of nitrogens with zero attached hydrogens (tertiary/aromatic N) is 3. The van der Waals surface area contributed by atoms with Crippen LogP contribution < -0.4 is 4.74 Å². The average molecular weight is 310 g/mol. The highest BCUT2D eigenvalue weighted by Gasteiger charge is 2.06. The first-order valence-corrected chi connectivity index (χ1v) is 6.93. The zero-order valence-corrected chi connectivity index (χ0v) is 12.1. The molecule has 0 radical (unpaired) electrons. The van der Waals surface area contributed by atoms with Gasteiger partial charge < -0.3 is 4.74 Å². The van der Waals surface area contributed by atoms with E-state index in [9.17, 15) is 0 Å². The highest BCUT2D eigenvalue weighted by Crippen LogP contribution is 2.20. The fourth-order valence-corrected chi connectivity index (χ4v) is 2.24. The molecule has 1 aromatic carbocycles. The van der Waals surface area contributed by atoms with Crippen LogP contribution in [0, 0.1) is 6.92 Å². The summed E-state index contributed by atoms with van der Waals surface area (Å²) in [5.74, 6) is 0.887. The van der Waals surface area contributed by atoms with Crippen molar-refractivity contribution in [1.82, 2.24) is 15.0 Å². The van der Waals surface area contributed by atoms with E-state index in [1.54, 1.807) is 7.11 Å². The molecule has 0 aliphatic rings. The van der Waals surface area contributed by atoms with Gasteiger partial charge in [-0.05, 0) is 13.0 Å². The van der Waals surface area contributed by atoms with E-state index < -0.39 is 0 Å². The van der Waals surface area contributed by atoms with Crippen LogP contribution in [0.5, 0.6) is 5.75 Å². The van der Waals surface area contributed by atoms with E-state index in [1.807, 2.05) is 23.0 Å². The number of aryl methyl sites for hydroxylation is 2. The second-order valence-electron chi connectivity index (χ2n) is 4.16. The lowest BCUT2D eigenvalue weighted by atomic mass is 10.1. The van der Waals surface area contributed by atoms with Gasteiger partial charge >= 0.3 is 0 Å². The normalized spacial score (nSPS) is 10.6. The van der Waals surface area contributed by atoms with Gasteiger partial charge in [-0.2, -0.15) is 0 Å². The summed E-state index contributed by atoms with van der Waals surface area (Å²) in [6.45, 7) is 2.75. The number of methoxy groups -OCH3 is 1. The molecule has 96 valence electrons. The van der Waals surface area contributed by atoms with Crippen LogP contribution in [0.4, 0.5) is 0 Å². The van der Waals surface area contributed by atoms with E-state index in [0.29, 0.717) is 6.54 Å². The summed E-state index contributed by atoms with van der Waals surface area (Å²) in [4.78, 5) is 0. The van der Waals surface area contributed by atoms with Crippen molar-refractivity contribution in [3.63, 3.8) is 0 Å². The Hall–Kier alpha value is -1.36. The van der Waals surface area contributed by atoms with E-state index in [-0.39, 0.29) is 0 Å². The quantitative estimate of drug-likeness (QED) is 0.797. The number of aromatic nitrogens is 3. The van der Waals surface area contributed by atoms with Gasteiger partial charge in [0.1, 0.15) is 5.75 Å². The van der Waals surface area contributed by atoms with Crippen LogP contribution in [0.1, 0.15) is 16.8 Å². The molecule has 0 atom stereocenters. The Balaban J connectivity index is 2.19. The number of rotatable bonds is 5. The lowest BCUT2D eigenvalue weighted by Gasteiger charge is -2.09. The summed E-state index contributed by atoms with van der Waals surface area (Å²) in [5.41, 5.74) is 3.33. The van der Waals surface area contributed by atoms with Crippen molar-refractivity contribution in [2.24, 2.45) is 0 Å².